The summed E-state index contributed by atoms with van der Waals surface area (Å²) in [5, 5.41) is 3.06. The van der Waals surface area contributed by atoms with Gasteiger partial charge < -0.3 is 5.32 Å². The SMILES string of the molecule is O=C(CCc1ccccc1Br)NCCN1CCN(Cc2ccccc2)CC1. The standard InChI is InChI=1S/C22H28BrN3O/c23-21-9-5-4-8-20(21)10-11-22(27)24-12-13-25-14-16-26(17-15-25)18-19-6-2-1-3-7-19/h1-9H,10-18H2,(H,24,27). The Labute approximate surface area is 170 Å². The molecule has 3 rings (SSSR count). The first-order valence-corrected chi connectivity index (χ1v) is 10.5. The van der Waals surface area contributed by atoms with E-state index in [-0.39, 0.29) is 5.91 Å². The molecule has 5 heteroatoms. The van der Waals surface area contributed by atoms with Crippen molar-refractivity contribution >= 4 is 21.8 Å². The lowest BCUT2D eigenvalue weighted by atomic mass is 10.1. The third-order valence-corrected chi connectivity index (χ3v) is 5.82. The smallest absolute Gasteiger partial charge is 0.220 e. The van der Waals surface area contributed by atoms with Crippen molar-refractivity contribution in [3.8, 4) is 0 Å². The molecular weight excluding hydrogens is 402 g/mol. The molecule has 0 atom stereocenters. The second kappa shape index (κ2) is 10.6. The lowest BCUT2D eigenvalue weighted by molar-refractivity contribution is -0.121. The van der Waals surface area contributed by atoms with Crippen molar-refractivity contribution in [2.75, 3.05) is 39.3 Å². The van der Waals surface area contributed by atoms with Gasteiger partial charge in [-0.1, -0.05) is 64.5 Å². The van der Waals surface area contributed by atoms with E-state index in [4.69, 9.17) is 0 Å². The van der Waals surface area contributed by atoms with E-state index < -0.39 is 0 Å². The highest BCUT2D eigenvalue weighted by molar-refractivity contribution is 9.10. The highest BCUT2D eigenvalue weighted by Gasteiger charge is 2.16. The Hall–Kier alpha value is -1.69. The number of hydrogen-bond donors (Lipinski definition) is 1. The second-order valence-electron chi connectivity index (χ2n) is 7.04. The van der Waals surface area contributed by atoms with Gasteiger partial charge >= 0.3 is 0 Å². The van der Waals surface area contributed by atoms with Gasteiger partial charge in [-0.2, -0.15) is 0 Å². The van der Waals surface area contributed by atoms with E-state index in [1.807, 2.05) is 18.2 Å². The number of halogens is 1. The Morgan fingerprint density at radius 1 is 0.926 bits per heavy atom. The molecule has 1 heterocycles. The van der Waals surface area contributed by atoms with Gasteiger partial charge in [0.2, 0.25) is 5.91 Å². The Balaban J connectivity index is 1.29. The maximum Gasteiger partial charge on any atom is 0.220 e. The summed E-state index contributed by atoms with van der Waals surface area (Å²) in [6.07, 6.45) is 1.30. The number of benzene rings is 2. The molecule has 0 aromatic heterocycles. The summed E-state index contributed by atoms with van der Waals surface area (Å²) in [5.41, 5.74) is 2.56. The Bertz CT molecular complexity index is 715. The third-order valence-electron chi connectivity index (χ3n) is 5.04. The summed E-state index contributed by atoms with van der Waals surface area (Å²) < 4.78 is 1.08. The Morgan fingerprint density at radius 3 is 2.33 bits per heavy atom. The van der Waals surface area contributed by atoms with Gasteiger partial charge in [0.25, 0.3) is 0 Å². The van der Waals surface area contributed by atoms with Crippen molar-refractivity contribution in [2.45, 2.75) is 19.4 Å². The molecule has 1 aliphatic heterocycles. The quantitative estimate of drug-likeness (QED) is 0.698. The van der Waals surface area contributed by atoms with E-state index >= 15 is 0 Å². The first kappa shape index (κ1) is 20.1. The molecule has 0 bridgehead atoms. The number of carbonyl (C=O) groups excluding carboxylic acids is 1. The van der Waals surface area contributed by atoms with Gasteiger partial charge in [-0.15, -0.1) is 0 Å². The minimum Gasteiger partial charge on any atom is -0.355 e. The van der Waals surface area contributed by atoms with E-state index in [9.17, 15) is 4.79 Å². The fourth-order valence-electron chi connectivity index (χ4n) is 3.40. The molecule has 2 aromatic rings. The van der Waals surface area contributed by atoms with Crippen LogP contribution in [0.5, 0.6) is 0 Å². The van der Waals surface area contributed by atoms with Crippen LogP contribution in [0.3, 0.4) is 0 Å². The van der Waals surface area contributed by atoms with Crippen LogP contribution in [-0.2, 0) is 17.8 Å². The van der Waals surface area contributed by atoms with Gasteiger partial charge in [-0.3, -0.25) is 14.6 Å². The molecule has 0 unspecified atom stereocenters. The van der Waals surface area contributed by atoms with Gasteiger partial charge in [-0.25, -0.2) is 0 Å². The van der Waals surface area contributed by atoms with Crippen molar-refractivity contribution in [3.63, 3.8) is 0 Å². The number of nitrogens with one attached hydrogen (secondary N) is 1. The van der Waals surface area contributed by atoms with Gasteiger partial charge in [0.1, 0.15) is 0 Å². The first-order valence-electron chi connectivity index (χ1n) is 9.69. The zero-order valence-electron chi connectivity index (χ0n) is 15.7. The van der Waals surface area contributed by atoms with E-state index in [2.05, 4.69) is 67.4 Å². The lowest BCUT2D eigenvalue weighted by Gasteiger charge is -2.34. The fraction of sp³-hybridized carbons (Fsp3) is 0.409. The summed E-state index contributed by atoms with van der Waals surface area (Å²) in [6, 6.07) is 18.7. The van der Waals surface area contributed by atoms with Crippen LogP contribution in [0.2, 0.25) is 0 Å². The average molecular weight is 430 g/mol. The van der Waals surface area contributed by atoms with Crippen LogP contribution in [0.1, 0.15) is 17.5 Å². The summed E-state index contributed by atoms with van der Waals surface area (Å²) in [6.45, 7) is 7.00. The fourth-order valence-corrected chi connectivity index (χ4v) is 3.89. The molecule has 0 aliphatic carbocycles. The molecule has 1 fully saturated rings. The van der Waals surface area contributed by atoms with Crippen molar-refractivity contribution in [1.82, 2.24) is 15.1 Å². The molecule has 4 nitrogen and oxygen atoms in total. The van der Waals surface area contributed by atoms with E-state index in [0.29, 0.717) is 6.42 Å². The number of carbonyl (C=O) groups is 1. The van der Waals surface area contributed by atoms with Crippen LogP contribution < -0.4 is 5.32 Å². The van der Waals surface area contributed by atoms with Crippen LogP contribution in [0.4, 0.5) is 0 Å². The van der Waals surface area contributed by atoms with Crippen molar-refractivity contribution < 1.29 is 4.79 Å². The zero-order valence-corrected chi connectivity index (χ0v) is 17.3. The molecule has 1 aliphatic rings. The van der Waals surface area contributed by atoms with Crippen LogP contribution >= 0.6 is 15.9 Å². The second-order valence-corrected chi connectivity index (χ2v) is 7.90. The Morgan fingerprint density at radius 2 is 1.59 bits per heavy atom. The minimum atomic E-state index is 0.133. The summed E-state index contributed by atoms with van der Waals surface area (Å²) >= 11 is 3.53. The predicted octanol–water partition coefficient (Wildman–Crippen LogP) is 3.32. The molecule has 144 valence electrons. The molecule has 0 spiro atoms. The zero-order chi connectivity index (χ0) is 18.9. The molecule has 1 N–H and O–H groups in total. The van der Waals surface area contributed by atoms with Gasteiger partial charge in [0, 0.05) is 56.7 Å². The van der Waals surface area contributed by atoms with Crippen molar-refractivity contribution in [2.24, 2.45) is 0 Å². The van der Waals surface area contributed by atoms with Gasteiger partial charge in [0.15, 0.2) is 0 Å². The number of amides is 1. The number of hydrogen-bond acceptors (Lipinski definition) is 3. The minimum absolute atomic E-state index is 0.133. The van der Waals surface area contributed by atoms with Gasteiger partial charge in [0.05, 0.1) is 0 Å². The number of nitrogens with zero attached hydrogens (tertiary/aromatic N) is 2. The highest BCUT2D eigenvalue weighted by Crippen LogP contribution is 2.17. The number of rotatable bonds is 8. The van der Waals surface area contributed by atoms with E-state index in [1.54, 1.807) is 0 Å². The average Bonchev–Trinajstić information content (AvgIpc) is 2.69. The number of piperazine rings is 1. The Kier molecular flexibility index (Phi) is 7.87. The van der Waals surface area contributed by atoms with Crippen LogP contribution in [-0.4, -0.2) is 55.0 Å². The summed E-state index contributed by atoms with van der Waals surface area (Å²) in [5.74, 6) is 0.133. The first-order chi connectivity index (χ1) is 13.2. The topological polar surface area (TPSA) is 35.6 Å². The molecule has 2 aromatic carbocycles. The van der Waals surface area contributed by atoms with E-state index in [1.165, 1.54) is 11.1 Å². The maximum absolute atomic E-state index is 12.1. The van der Waals surface area contributed by atoms with Crippen LogP contribution in [0, 0.1) is 0 Å². The van der Waals surface area contributed by atoms with Crippen molar-refractivity contribution in [1.29, 1.82) is 0 Å². The van der Waals surface area contributed by atoms with Crippen LogP contribution in [0.25, 0.3) is 0 Å². The van der Waals surface area contributed by atoms with Crippen LogP contribution in [0.15, 0.2) is 59.1 Å². The maximum atomic E-state index is 12.1. The molecular formula is C22H28BrN3O. The highest BCUT2D eigenvalue weighted by atomic mass is 79.9. The van der Waals surface area contributed by atoms with Crippen molar-refractivity contribution in [3.05, 3.63) is 70.2 Å². The molecule has 1 amide bonds. The van der Waals surface area contributed by atoms with E-state index in [0.717, 1.165) is 56.7 Å². The third kappa shape index (κ3) is 6.76. The monoisotopic (exact) mass is 429 g/mol. The largest absolute Gasteiger partial charge is 0.355 e. The molecule has 0 radical (unpaired) electrons. The molecule has 1 saturated heterocycles. The lowest BCUT2D eigenvalue weighted by Crippen LogP contribution is -2.48. The number of aryl methyl sites for hydroxylation is 1. The normalized spacial score (nSPS) is 15.6. The molecule has 27 heavy (non-hydrogen) atoms. The summed E-state index contributed by atoms with van der Waals surface area (Å²) in [4.78, 5) is 17.0. The molecule has 0 saturated carbocycles. The predicted molar refractivity (Wildman–Crippen MR) is 114 cm³/mol. The summed E-state index contributed by atoms with van der Waals surface area (Å²) in [7, 11) is 0. The van der Waals surface area contributed by atoms with Gasteiger partial charge in [-0.05, 0) is 23.6 Å².